The Bertz CT molecular complexity index is 885. The lowest BCUT2D eigenvalue weighted by molar-refractivity contribution is -0.137. The molecule has 0 aromatic heterocycles. The average molecular weight is 383 g/mol. The van der Waals surface area contributed by atoms with E-state index < -0.39 is 6.04 Å². The fourth-order valence-corrected chi connectivity index (χ4v) is 2.84. The summed E-state index contributed by atoms with van der Waals surface area (Å²) < 4.78 is 10.6. The van der Waals surface area contributed by atoms with Gasteiger partial charge in [0.2, 0.25) is 18.6 Å². The molecule has 1 heterocycles. The molecule has 3 rings (SSSR count). The van der Waals surface area contributed by atoms with Gasteiger partial charge >= 0.3 is 0 Å². The number of benzene rings is 2. The van der Waals surface area contributed by atoms with Crippen LogP contribution in [0.5, 0.6) is 11.5 Å². The first-order chi connectivity index (χ1) is 13.5. The van der Waals surface area contributed by atoms with Gasteiger partial charge in [-0.1, -0.05) is 30.3 Å². The number of hydrogen-bond acceptors (Lipinski definition) is 5. The van der Waals surface area contributed by atoms with Crippen molar-refractivity contribution in [3.8, 4) is 11.5 Å². The summed E-state index contributed by atoms with van der Waals surface area (Å²) in [5.74, 6) is 0.0702. The second kappa shape index (κ2) is 8.43. The van der Waals surface area contributed by atoms with Crippen LogP contribution < -0.4 is 20.1 Å². The van der Waals surface area contributed by atoms with E-state index in [-0.39, 0.29) is 31.1 Å². The smallest absolute Gasteiger partial charge is 0.251 e. The zero-order valence-electron chi connectivity index (χ0n) is 15.6. The Morgan fingerprint density at radius 3 is 2.50 bits per heavy atom. The maximum atomic E-state index is 13.0. The molecule has 0 saturated heterocycles. The summed E-state index contributed by atoms with van der Waals surface area (Å²) >= 11 is 0. The second-order valence-corrected chi connectivity index (χ2v) is 6.28. The highest BCUT2D eigenvalue weighted by molar-refractivity contribution is 5.98. The van der Waals surface area contributed by atoms with Gasteiger partial charge in [0.1, 0.15) is 6.04 Å². The third-order valence-electron chi connectivity index (χ3n) is 4.27. The van der Waals surface area contributed by atoms with E-state index in [2.05, 4.69) is 10.6 Å². The van der Waals surface area contributed by atoms with E-state index in [1.807, 2.05) is 6.07 Å². The van der Waals surface area contributed by atoms with Crippen LogP contribution in [0.4, 0.5) is 5.69 Å². The maximum Gasteiger partial charge on any atom is 0.251 e. The van der Waals surface area contributed by atoms with Crippen molar-refractivity contribution in [1.29, 1.82) is 0 Å². The predicted octanol–water partition coefficient (Wildman–Crippen LogP) is 1.69. The van der Waals surface area contributed by atoms with E-state index in [1.165, 1.54) is 18.9 Å². The third-order valence-corrected chi connectivity index (χ3v) is 4.27. The normalized spacial score (nSPS) is 12.8. The van der Waals surface area contributed by atoms with Crippen molar-refractivity contribution in [2.24, 2.45) is 0 Å². The van der Waals surface area contributed by atoms with Gasteiger partial charge in [0.25, 0.3) is 5.91 Å². The lowest BCUT2D eigenvalue weighted by Crippen LogP contribution is -2.43. The number of carbonyl (C=O) groups is 3. The number of rotatable bonds is 6. The predicted molar refractivity (Wildman–Crippen MR) is 102 cm³/mol. The molecular weight excluding hydrogens is 362 g/mol. The van der Waals surface area contributed by atoms with Crippen molar-refractivity contribution in [2.75, 3.05) is 25.7 Å². The monoisotopic (exact) mass is 383 g/mol. The number of nitrogens with one attached hydrogen (secondary N) is 2. The Morgan fingerprint density at radius 1 is 1.07 bits per heavy atom. The highest BCUT2D eigenvalue weighted by Gasteiger charge is 2.29. The quantitative estimate of drug-likeness (QED) is 0.791. The molecule has 8 heteroatoms. The molecule has 146 valence electrons. The molecule has 0 saturated carbocycles. The minimum absolute atomic E-state index is 0.139. The number of fused-ring (bicyclic) bond motifs is 1. The van der Waals surface area contributed by atoms with Crippen LogP contribution in [-0.2, 0) is 14.4 Å². The standard InChI is InChI=1S/C20H21N3O5/c1-13(24)21-11-18(25)23(2)19(14-6-4-3-5-7-14)20(26)22-15-8-9-16-17(10-15)28-12-27-16/h3-10,19H,11-12H2,1-2H3,(H,21,24)(H,22,26)/t19-/m1/s1. The Balaban J connectivity index is 1.81. The molecule has 1 aliphatic heterocycles. The summed E-state index contributed by atoms with van der Waals surface area (Å²) in [6.07, 6.45) is 0. The van der Waals surface area contributed by atoms with Crippen LogP contribution in [-0.4, -0.2) is 43.0 Å². The first-order valence-corrected chi connectivity index (χ1v) is 8.71. The summed E-state index contributed by atoms with van der Waals surface area (Å²) in [5, 5.41) is 5.27. The van der Waals surface area contributed by atoms with Crippen molar-refractivity contribution in [2.45, 2.75) is 13.0 Å². The van der Waals surface area contributed by atoms with Gasteiger partial charge in [-0.15, -0.1) is 0 Å². The largest absolute Gasteiger partial charge is 0.454 e. The van der Waals surface area contributed by atoms with Gasteiger partial charge in [-0.3, -0.25) is 14.4 Å². The number of ether oxygens (including phenoxy) is 2. The average Bonchev–Trinajstić information content (AvgIpc) is 3.14. The van der Waals surface area contributed by atoms with Gasteiger partial charge in [0.15, 0.2) is 11.5 Å². The fraction of sp³-hybridized carbons (Fsp3) is 0.250. The first-order valence-electron chi connectivity index (χ1n) is 8.71. The lowest BCUT2D eigenvalue weighted by Gasteiger charge is -2.28. The number of anilines is 1. The van der Waals surface area contributed by atoms with Gasteiger partial charge < -0.3 is 25.0 Å². The van der Waals surface area contributed by atoms with Gasteiger partial charge in [-0.2, -0.15) is 0 Å². The van der Waals surface area contributed by atoms with E-state index in [4.69, 9.17) is 9.47 Å². The van der Waals surface area contributed by atoms with Crippen molar-refractivity contribution in [3.63, 3.8) is 0 Å². The summed E-state index contributed by atoms with van der Waals surface area (Å²) in [4.78, 5) is 37.9. The number of likely N-dealkylation sites (N-methyl/N-ethyl adjacent to an activating group) is 1. The molecule has 3 amide bonds. The molecule has 0 bridgehead atoms. The van der Waals surface area contributed by atoms with Crippen LogP contribution >= 0.6 is 0 Å². The van der Waals surface area contributed by atoms with E-state index in [0.29, 0.717) is 22.7 Å². The number of carbonyl (C=O) groups excluding carboxylic acids is 3. The third kappa shape index (κ3) is 4.40. The minimum atomic E-state index is -0.868. The summed E-state index contributed by atoms with van der Waals surface area (Å²) in [6.45, 7) is 1.28. The van der Waals surface area contributed by atoms with Crippen molar-refractivity contribution in [1.82, 2.24) is 10.2 Å². The molecule has 0 unspecified atom stereocenters. The molecule has 1 aliphatic rings. The highest BCUT2D eigenvalue weighted by atomic mass is 16.7. The molecule has 0 spiro atoms. The SMILES string of the molecule is CC(=O)NCC(=O)N(C)[C@@H](C(=O)Nc1ccc2c(c1)OCO2)c1ccccc1. The van der Waals surface area contributed by atoms with Crippen LogP contribution in [0.3, 0.4) is 0 Å². The van der Waals surface area contributed by atoms with Crippen molar-refractivity contribution < 1.29 is 23.9 Å². The molecule has 0 radical (unpaired) electrons. The molecule has 1 atom stereocenters. The molecule has 8 nitrogen and oxygen atoms in total. The molecule has 2 aromatic carbocycles. The molecule has 0 fully saturated rings. The summed E-state index contributed by atoms with van der Waals surface area (Å²) in [7, 11) is 1.53. The van der Waals surface area contributed by atoms with Crippen molar-refractivity contribution in [3.05, 3.63) is 54.1 Å². The van der Waals surface area contributed by atoms with E-state index in [0.717, 1.165) is 0 Å². The highest BCUT2D eigenvalue weighted by Crippen LogP contribution is 2.34. The van der Waals surface area contributed by atoms with Gasteiger partial charge in [-0.05, 0) is 17.7 Å². The molecule has 2 N–H and O–H groups in total. The maximum absolute atomic E-state index is 13.0. The van der Waals surface area contributed by atoms with E-state index in [9.17, 15) is 14.4 Å². The molecule has 28 heavy (non-hydrogen) atoms. The topological polar surface area (TPSA) is 97.0 Å². The first kappa shape index (κ1) is 19.2. The fourth-order valence-electron chi connectivity index (χ4n) is 2.84. The molecular formula is C20H21N3O5. The number of hydrogen-bond donors (Lipinski definition) is 2. The van der Waals surface area contributed by atoms with Crippen LogP contribution in [0.15, 0.2) is 48.5 Å². The summed E-state index contributed by atoms with van der Waals surface area (Å²) in [6, 6.07) is 13.2. The minimum Gasteiger partial charge on any atom is -0.454 e. The zero-order chi connectivity index (χ0) is 20.1. The Labute approximate surface area is 162 Å². The second-order valence-electron chi connectivity index (χ2n) is 6.28. The van der Waals surface area contributed by atoms with Gasteiger partial charge in [-0.25, -0.2) is 0 Å². The Kier molecular flexibility index (Phi) is 5.78. The number of amides is 3. The molecule has 2 aromatic rings. The van der Waals surface area contributed by atoms with Crippen LogP contribution in [0.1, 0.15) is 18.5 Å². The zero-order valence-corrected chi connectivity index (χ0v) is 15.6. The lowest BCUT2D eigenvalue weighted by atomic mass is 10.0. The summed E-state index contributed by atoms with van der Waals surface area (Å²) in [5.41, 5.74) is 1.18. The van der Waals surface area contributed by atoms with Crippen LogP contribution in [0.25, 0.3) is 0 Å². The van der Waals surface area contributed by atoms with Crippen LogP contribution in [0, 0.1) is 0 Å². The Morgan fingerprint density at radius 2 is 1.79 bits per heavy atom. The van der Waals surface area contributed by atoms with Crippen molar-refractivity contribution >= 4 is 23.4 Å². The van der Waals surface area contributed by atoms with Gasteiger partial charge in [0, 0.05) is 25.7 Å². The van der Waals surface area contributed by atoms with Crippen LogP contribution in [0.2, 0.25) is 0 Å². The van der Waals surface area contributed by atoms with E-state index >= 15 is 0 Å². The number of nitrogens with zero attached hydrogens (tertiary/aromatic N) is 1. The van der Waals surface area contributed by atoms with Gasteiger partial charge in [0.05, 0.1) is 6.54 Å². The van der Waals surface area contributed by atoms with E-state index in [1.54, 1.807) is 42.5 Å². The molecule has 0 aliphatic carbocycles. The Hall–Kier alpha value is -3.55.